The van der Waals surface area contributed by atoms with Crippen molar-refractivity contribution in [3.05, 3.63) is 156 Å². The maximum atomic E-state index is 6.59. The number of fused-ring (bicyclic) bond motifs is 4. The predicted octanol–water partition coefficient (Wildman–Crippen LogP) is 9.00. The van der Waals surface area contributed by atoms with Gasteiger partial charge in [0.15, 0.2) is 11.5 Å². The van der Waals surface area contributed by atoms with Crippen LogP contribution in [0.3, 0.4) is 0 Å². The third-order valence-corrected chi connectivity index (χ3v) is 9.15. The van der Waals surface area contributed by atoms with E-state index in [1.54, 1.807) is 6.20 Å². The molecular weight excluding hydrogens is 589 g/mol. The molecule has 228 valence electrons. The summed E-state index contributed by atoms with van der Waals surface area (Å²) in [6.45, 7) is 0. The molecule has 1 aliphatic rings. The Morgan fingerprint density at radius 3 is 2.04 bits per heavy atom. The lowest BCUT2D eigenvalue weighted by Gasteiger charge is -2.15. The fourth-order valence-electron chi connectivity index (χ4n) is 6.83. The fraction of sp³-hybridized carbons (Fsp3) is 0.0698. The van der Waals surface area contributed by atoms with Crippen LogP contribution in [0.15, 0.2) is 144 Å². The Balaban J connectivity index is 1.22. The molecule has 0 unspecified atom stereocenters. The highest BCUT2D eigenvalue weighted by Gasteiger charge is 2.20. The molecule has 0 fully saturated rings. The molecule has 0 spiro atoms. The van der Waals surface area contributed by atoms with Crippen LogP contribution < -0.4 is 10.6 Å². The topological polar surface area (TPSA) is 64.7 Å². The predicted molar refractivity (Wildman–Crippen MR) is 193 cm³/mol. The SMILES string of the molecule is C1=c2c(oc3ccccc23)=C(c2cnc3ncccc3c2-c2ccc(-c3cc(-c4ccccc4)nc(-c4ccccc4)n3)cc2)CCC1. The number of nitrogens with zero attached hydrogens (tertiary/aromatic N) is 4. The summed E-state index contributed by atoms with van der Waals surface area (Å²) in [6.07, 6.45) is 9.05. The first-order chi connectivity index (χ1) is 23.8. The molecule has 0 N–H and O–H groups in total. The molecule has 48 heavy (non-hydrogen) atoms. The number of benzene rings is 4. The third-order valence-electron chi connectivity index (χ3n) is 9.15. The Labute approximate surface area is 277 Å². The summed E-state index contributed by atoms with van der Waals surface area (Å²) in [5, 5.41) is 3.35. The average Bonchev–Trinajstić information content (AvgIpc) is 3.40. The number of pyridine rings is 2. The first-order valence-electron chi connectivity index (χ1n) is 16.4. The Morgan fingerprint density at radius 2 is 1.25 bits per heavy atom. The molecule has 0 atom stereocenters. The van der Waals surface area contributed by atoms with Crippen molar-refractivity contribution in [3.63, 3.8) is 0 Å². The molecule has 5 nitrogen and oxygen atoms in total. The van der Waals surface area contributed by atoms with E-state index >= 15 is 0 Å². The summed E-state index contributed by atoms with van der Waals surface area (Å²) in [7, 11) is 0. The molecule has 0 saturated carbocycles. The molecule has 0 radical (unpaired) electrons. The van der Waals surface area contributed by atoms with Gasteiger partial charge in [-0.25, -0.2) is 19.9 Å². The third kappa shape index (κ3) is 4.97. The highest BCUT2D eigenvalue weighted by Crippen LogP contribution is 2.37. The Morgan fingerprint density at radius 1 is 0.583 bits per heavy atom. The maximum absolute atomic E-state index is 6.59. The van der Waals surface area contributed by atoms with E-state index in [9.17, 15) is 0 Å². The molecule has 9 rings (SSSR count). The van der Waals surface area contributed by atoms with Crippen molar-refractivity contribution in [2.45, 2.75) is 19.3 Å². The largest absolute Gasteiger partial charge is 0.456 e. The number of rotatable bonds is 5. The molecule has 4 heterocycles. The summed E-state index contributed by atoms with van der Waals surface area (Å²) in [4.78, 5) is 19.5. The molecule has 0 saturated heterocycles. The standard InChI is InChI=1S/C43H30N4O/c1-3-12-28(13-4-1)37-26-38(47-42(46-37)31-14-5-2-6-15-31)29-21-23-30(24-22-29)40-35-19-11-25-44-43(35)45-27-36(40)34-18-8-7-17-33-32-16-9-10-20-39(32)48-41(33)34/h1-6,9-17,19-27H,7-8,18H2. The van der Waals surface area contributed by atoms with Gasteiger partial charge >= 0.3 is 0 Å². The lowest BCUT2D eigenvalue weighted by molar-refractivity contribution is 0.570. The second-order valence-corrected chi connectivity index (χ2v) is 12.1. The maximum Gasteiger partial charge on any atom is 0.160 e. The van der Waals surface area contributed by atoms with Gasteiger partial charge < -0.3 is 4.42 Å². The number of furan rings is 1. The van der Waals surface area contributed by atoms with E-state index < -0.39 is 0 Å². The number of para-hydroxylation sites is 1. The van der Waals surface area contributed by atoms with Crippen molar-refractivity contribution in [2.24, 2.45) is 0 Å². The summed E-state index contributed by atoms with van der Waals surface area (Å²) in [5.74, 6) is 0.702. The van der Waals surface area contributed by atoms with Crippen LogP contribution in [0.5, 0.6) is 0 Å². The molecule has 0 aliphatic heterocycles. The van der Waals surface area contributed by atoms with Crippen LogP contribution in [0.4, 0.5) is 0 Å². The van der Waals surface area contributed by atoms with Gasteiger partial charge in [0.05, 0.1) is 11.4 Å². The molecule has 4 aromatic heterocycles. The van der Waals surface area contributed by atoms with E-state index in [1.807, 2.05) is 54.7 Å². The van der Waals surface area contributed by atoms with Crippen molar-refractivity contribution in [1.82, 2.24) is 19.9 Å². The van der Waals surface area contributed by atoms with Crippen molar-refractivity contribution in [2.75, 3.05) is 0 Å². The number of aromatic nitrogens is 4. The van der Waals surface area contributed by atoms with Crippen molar-refractivity contribution in [1.29, 1.82) is 0 Å². The van der Waals surface area contributed by atoms with Crippen molar-refractivity contribution >= 4 is 33.7 Å². The van der Waals surface area contributed by atoms with E-state index in [1.165, 1.54) is 10.8 Å². The minimum Gasteiger partial charge on any atom is -0.456 e. The van der Waals surface area contributed by atoms with Crippen LogP contribution in [-0.2, 0) is 0 Å². The minimum atomic E-state index is 0.702. The minimum absolute atomic E-state index is 0.702. The van der Waals surface area contributed by atoms with Crippen LogP contribution in [0, 0.1) is 0 Å². The molecular formula is C43H30N4O. The van der Waals surface area contributed by atoms with Gasteiger partial charge in [0.2, 0.25) is 0 Å². The van der Waals surface area contributed by atoms with E-state index in [0.717, 1.165) is 91.4 Å². The van der Waals surface area contributed by atoms with E-state index in [4.69, 9.17) is 19.4 Å². The first-order valence-corrected chi connectivity index (χ1v) is 16.4. The monoisotopic (exact) mass is 618 g/mol. The van der Waals surface area contributed by atoms with Gasteiger partial charge in [-0.3, -0.25) is 0 Å². The summed E-state index contributed by atoms with van der Waals surface area (Å²) in [5.41, 5.74) is 11.9. The smallest absolute Gasteiger partial charge is 0.160 e. The lowest BCUT2D eigenvalue weighted by Crippen LogP contribution is -2.22. The zero-order chi connectivity index (χ0) is 31.9. The first kappa shape index (κ1) is 28.1. The van der Waals surface area contributed by atoms with Crippen LogP contribution in [0.1, 0.15) is 24.8 Å². The average molecular weight is 619 g/mol. The van der Waals surface area contributed by atoms with Gasteiger partial charge in [-0.2, -0.15) is 0 Å². The van der Waals surface area contributed by atoms with Crippen molar-refractivity contribution < 1.29 is 4.42 Å². The van der Waals surface area contributed by atoms with Gasteiger partial charge in [-0.05, 0) is 49.1 Å². The number of hydrogen-bond acceptors (Lipinski definition) is 5. The van der Waals surface area contributed by atoms with E-state index in [2.05, 4.69) is 89.9 Å². The Kier molecular flexibility index (Phi) is 6.94. The highest BCUT2D eigenvalue weighted by molar-refractivity contribution is 5.99. The molecule has 0 bridgehead atoms. The molecule has 1 aliphatic carbocycles. The fourth-order valence-corrected chi connectivity index (χ4v) is 6.83. The molecule has 8 aromatic rings. The summed E-state index contributed by atoms with van der Waals surface area (Å²) < 4.78 is 6.59. The second kappa shape index (κ2) is 11.9. The quantitative estimate of drug-likeness (QED) is 0.193. The molecule has 0 amide bonds. The van der Waals surface area contributed by atoms with E-state index in [-0.39, 0.29) is 0 Å². The lowest BCUT2D eigenvalue weighted by atomic mass is 9.90. The molecule has 5 heteroatoms. The van der Waals surface area contributed by atoms with Crippen molar-refractivity contribution in [3.8, 4) is 45.0 Å². The highest BCUT2D eigenvalue weighted by atomic mass is 16.3. The van der Waals surface area contributed by atoms with E-state index in [0.29, 0.717) is 5.82 Å². The zero-order valence-corrected chi connectivity index (χ0v) is 26.2. The van der Waals surface area contributed by atoms with Crippen LogP contribution in [0.2, 0.25) is 0 Å². The van der Waals surface area contributed by atoms with Gasteiger partial charge in [-0.15, -0.1) is 0 Å². The molecule has 4 aromatic carbocycles. The zero-order valence-electron chi connectivity index (χ0n) is 26.2. The van der Waals surface area contributed by atoms with Crippen LogP contribution in [-0.4, -0.2) is 19.9 Å². The Bertz CT molecular complexity index is 2520. The van der Waals surface area contributed by atoms with Crippen LogP contribution >= 0.6 is 0 Å². The van der Waals surface area contributed by atoms with Gasteiger partial charge in [-0.1, -0.05) is 109 Å². The number of hydrogen-bond donors (Lipinski definition) is 0. The summed E-state index contributed by atoms with van der Waals surface area (Å²) in [6, 6.07) is 43.6. The van der Waals surface area contributed by atoms with Gasteiger partial charge in [0.1, 0.15) is 11.0 Å². The Hall–Kier alpha value is -6.20. The van der Waals surface area contributed by atoms with Gasteiger partial charge in [0, 0.05) is 61.8 Å². The van der Waals surface area contributed by atoms with Gasteiger partial charge in [0.25, 0.3) is 0 Å². The van der Waals surface area contributed by atoms with Crippen LogP contribution in [0.25, 0.3) is 78.7 Å². The normalized spacial score (nSPS) is 12.9. The second-order valence-electron chi connectivity index (χ2n) is 12.1. The summed E-state index contributed by atoms with van der Waals surface area (Å²) >= 11 is 0.